The monoisotopic (exact) mass is 356 g/mol. The summed E-state index contributed by atoms with van der Waals surface area (Å²) in [7, 11) is 1.53. The first-order valence-corrected chi connectivity index (χ1v) is 8.51. The fraction of sp³-hybridized carbons (Fsp3) is 0.263. The molecule has 2 aromatic carbocycles. The fourth-order valence-electron chi connectivity index (χ4n) is 3.95. The van der Waals surface area contributed by atoms with Crippen LogP contribution in [0.3, 0.4) is 0 Å². The Kier molecular flexibility index (Phi) is 3.88. The third kappa shape index (κ3) is 2.65. The number of fused-ring (bicyclic) bond motifs is 3. The molecule has 0 saturated heterocycles. The molecule has 1 aliphatic carbocycles. The number of nitro groups is 1. The van der Waals surface area contributed by atoms with Gasteiger partial charge in [0, 0.05) is 17.0 Å². The van der Waals surface area contributed by atoms with Crippen LogP contribution in [0, 0.1) is 16.0 Å². The molecule has 6 heteroatoms. The lowest BCUT2D eigenvalue weighted by atomic mass is 9.76. The number of ether oxygens (including phenoxy) is 1. The van der Waals surface area contributed by atoms with Gasteiger partial charge in [-0.15, -0.1) is 0 Å². The van der Waals surface area contributed by atoms with Crippen LogP contribution < -0.4 is 10.1 Å². The van der Waals surface area contributed by atoms with E-state index in [9.17, 15) is 10.1 Å². The summed E-state index contributed by atoms with van der Waals surface area (Å²) in [4.78, 5) is 10.9. The van der Waals surface area contributed by atoms with Gasteiger partial charge in [0.25, 0.3) is 5.69 Å². The van der Waals surface area contributed by atoms with Crippen molar-refractivity contribution in [2.24, 2.45) is 5.92 Å². The second kappa shape index (κ2) is 6.08. The Morgan fingerprint density at radius 2 is 2.16 bits per heavy atom. The molecule has 5 nitrogen and oxygen atoms in total. The molecule has 1 heterocycles. The van der Waals surface area contributed by atoms with Crippen LogP contribution in [0.5, 0.6) is 5.75 Å². The molecule has 0 aromatic heterocycles. The van der Waals surface area contributed by atoms with Crippen LogP contribution in [0.4, 0.5) is 11.4 Å². The van der Waals surface area contributed by atoms with E-state index >= 15 is 0 Å². The number of allylic oxidation sites excluding steroid dienone is 2. The SMILES string of the molecule is COc1cc([N+](=O)[O-])cc2c1N[C@@H](c1cccc(Cl)c1)[C@@H]1CC=C[C@@H]21. The number of nitrogens with zero attached hydrogens (tertiary/aromatic N) is 1. The van der Waals surface area contributed by atoms with Crippen molar-refractivity contribution in [3.05, 3.63) is 74.8 Å². The highest BCUT2D eigenvalue weighted by Gasteiger charge is 2.40. The molecule has 1 aliphatic heterocycles. The van der Waals surface area contributed by atoms with E-state index in [4.69, 9.17) is 16.3 Å². The van der Waals surface area contributed by atoms with Crippen molar-refractivity contribution in [1.29, 1.82) is 0 Å². The Balaban J connectivity index is 1.85. The summed E-state index contributed by atoms with van der Waals surface area (Å²) in [5, 5.41) is 15.5. The van der Waals surface area contributed by atoms with Crippen LogP contribution in [0.25, 0.3) is 0 Å². The molecule has 128 valence electrons. The van der Waals surface area contributed by atoms with Crippen LogP contribution in [0.2, 0.25) is 5.02 Å². The summed E-state index contributed by atoms with van der Waals surface area (Å²) in [6, 6.07) is 11.0. The standard InChI is InChI=1S/C19H17ClN2O3/c1-25-17-10-13(22(23)24)9-16-14-6-3-7-15(14)18(21-19(16)17)11-4-2-5-12(20)8-11/h2-6,8-10,14-15,18,21H,7H2,1H3/t14-,15-,18+/m1/s1. The van der Waals surface area contributed by atoms with Gasteiger partial charge in [0.2, 0.25) is 0 Å². The maximum absolute atomic E-state index is 11.3. The van der Waals surface area contributed by atoms with E-state index < -0.39 is 0 Å². The van der Waals surface area contributed by atoms with Gasteiger partial charge in [-0.1, -0.05) is 35.9 Å². The summed E-state index contributed by atoms with van der Waals surface area (Å²) in [6.45, 7) is 0. The molecule has 0 amide bonds. The number of nitro benzene ring substituents is 1. The van der Waals surface area contributed by atoms with Crippen LogP contribution in [-0.4, -0.2) is 12.0 Å². The van der Waals surface area contributed by atoms with Crippen LogP contribution >= 0.6 is 11.6 Å². The molecule has 2 aromatic rings. The van der Waals surface area contributed by atoms with Crippen LogP contribution in [0.15, 0.2) is 48.6 Å². The predicted molar refractivity (Wildman–Crippen MR) is 97.5 cm³/mol. The van der Waals surface area contributed by atoms with E-state index in [0.717, 1.165) is 23.2 Å². The number of halogens is 1. The zero-order valence-electron chi connectivity index (χ0n) is 13.6. The molecule has 3 atom stereocenters. The lowest BCUT2D eigenvalue weighted by Crippen LogP contribution is -2.29. The number of benzene rings is 2. The normalized spacial score (nSPS) is 23.5. The number of anilines is 1. The second-order valence-corrected chi connectivity index (χ2v) is 6.84. The molecule has 2 aliphatic rings. The van der Waals surface area contributed by atoms with E-state index in [2.05, 4.69) is 23.5 Å². The van der Waals surface area contributed by atoms with E-state index in [0.29, 0.717) is 10.8 Å². The summed E-state index contributed by atoms with van der Waals surface area (Å²) in [5.74, 6) is 0.904. The van der Waals surface area contributed by atoms with Gasteiger partial charge in [-0.3, -0.25) is 10.1 Å². The lowest BCUT2D eigenvalue weighted by molar-refractivity contribution is -0.385. The summed E-state index contributed by atoms with van der Waals surface area (Å²) in [5.41, 5.74) is 2.91. The van der Waals surface area contributed by atoms with Crippen molar-refractivity contribution in [2.45, 2.75) is 18.4 Å². The van der Waals surface area contributed by atoms with E-state index in [1.54, 1.807) is 6.07 Å². The molecule has 0 radical (unpaired) electrons. The molecule has 0 fully saturated rings. The first-order chi connectivity index (χ1) is 12.1. The molecule has 1 N–H and O–H groups in total. The van der Waals surface area contributed by atoms with Gasteiger partial charge in [0.15, 0.2) is 0 Å². The molecular formula is C19H17ClN2O3. The summed E-state index contributed by atoms with van der Waals surface area (Å²) in [6.07, 6.45) is 5.21. The third-order valence-corrected chi connectivity index (χ3v) is 5.29. The highest BCUT2D eigenvalue weighted by atomic mass is 35.5. The number of non-ortho nitro benzene ring substituents is 1. The van der Waals surface area contributed by atoms with Gasteiger partial charge in [0.1, 0.15) is 5.75 Å². The number of nitrogens with one attached hydrogen (secondary N) is 1. The highest BCUT2D eigenvalue weighted by Crippen LogP contribution is 2.53. The van der Waals surface area contributed by atoms with Crippen LogP contribution in [-0.2, 0) is 0 Å². The predicted octanol–water partition coefficient (Wildman–Crippen LogP) is 5.08. The summed E-state index contributed by atoms with van der Waals surface area (Å²) >= 11 is 6.18. The van der Waals surface area contributed by atoms with Crippen molar-refractivity contribution in [1.82, 2.24) is 0 Å². The second-order valence-electron chi connectivity index (χ2n) is 6.40. The van der Waals surface area contributed by atoms with E-state index in [1.807, 2.05) is 18.2 Å². The third-order valence-electron chi connectivity index (χ3n) is 5.06. The molecule has 0 unspecified atom stereocenters. The van der Waals surface area contributed by atoms with Gasteiger partial charge in [0.05, 0.1) is 29.8 Å². The zero-order chi connectivity index (χ0) is 17.6. The molecule has 0 bridgehead atoms. The minimum atomic E-state index is -0.375. The molecular weight excluding hydrogens is 340 g/mol. The van der Waals surface area contributed by atoms with Gasteiger partial charge in [-0.05, 0) is 35.6 Å². The van der Waals surface area contributed by atoms with Crippen molar-refractivity contribution >= 4 is 23.0 Å². The van der Waals surface area contributed by atoms with Gasteiger partial charge < -0.3 is 10.1 Å². The topological polar surface area (TPSA) is 64.4 Å². The Bertz CT molecular complexity index is 881. The first kappa shape index (κ1) is 16.0. The van der Waals surface area contributed by atoms with Crippen molar-refractivity contribution < 1.29 is 9.66 Å². The quantitative estimate of drug-likeness (QED) is 0.473. The van der Waals surface area contributed by atoms with Gasteiger partial charge in [-0.2, -0.15) is 0 Å². The Hall–Kier alpha value is -2.53. The van der Waals surface area contributed by atoms with Gasteiger partial charge in [-0.25, -0.2) is 0 Å². The van der Waals surface area contributed by atoms with E-state index in [1.165, 1.54) is 13.2 Å². The maximum Gasteiger partial charge on any atom is 0.273 e. The molecule has 4 rings (SSSR count). The summed E-state index contributed by atoms with van der Waals surface area (Å²) < 4.78 is 5.44. The minimum Gasteiger partial charge on any atom is -0.494 e. The largest absolute Gasteiger partial charge is 0.494 e. The number of hydrogen-bond acceptors (Lipinski definition) is 4. The smallest absolute Gasteiger partial charge is 0.273 e. The molecule has 0 spiro atoms. The van der Waals surface area contributed by atoms with Crippen molar-refractivity contribution in [2.75, 3.05) is 12.4 Å². The number of hydrogen-bond donors (Lipinski definition) is 1. The zero-order valence-corrected chi connectivity index (χ0v) is 14.4. The average molecular weight is 357 g/mol. The van der Waals surface area contributed by atoms with Crippen molar-refractivity contribution in [3.8, 4) is 5.75 Å². The van der Waals surface area contributed by atoms with Crippen LogP contribution in [0.1, 0.15) is 29.5 Å². The van der Waals surface area contributed by atoms with Crippen molar-refractivity contribution in [3.63, 3.8) is 0 Å². The fourth-order valence-corrected chi connectivity index (χ4v) is 4.15. The maximum atomic E-state index is 11.3. The van der Waals surface area contributed by atoms with Gasteiger partial charge >= 0.3 is 0 Å². The lowest BCUT2D eigenvalue weighted by Gasteiger charge is -2.38. The Labute approximate surface area is 150 Å². The Morgan fingerprint density at radius 1 is 1.32 bits per heavy atom. The molecule has 25 heavy (non-hydrogen) atoms. The first-order valence-electron chi connectivity index (χ1n) is 8.13. The molecule has 0 saturated carbocycles. The minimum absolute atomic E-state index is 0.0534. The number of methoxy groups -OCH3 is 1. The van der Waals surface area contributed by atoms with E-state index in [-0.39, 0.29) is 28.5 Å². The average Bonchev–Trinajstić information content (AvgIpc) is 3.10. The highest BCUT2D eigenvalue weighted by molar-refractivity contribution is 6.30. The number of rotatable bonds is 3. The Morgan fingerprint density at radius 3 is 2.88 bits per heavy atom.